The van der Waals surface area contributed by atoms with Crippen molar-refractivity contribution in [3.63, 3.8) is 0 Å². The van der Waals surface area contributed by atoms with Crippen molar-refractivity contribution in [3.8, 4) is 0 Å². The smallest absolute Gasteiger partial charge is 0.206 e. The fourth-order valence-electron chi connectivity index (χ4n) is 0.558. The average molecular weight is 189 g/mol. The molecule has 0 aliphatic rings. The van der Waals surface area contributed by atoms with Gasteiger partial charge in [-0.3, -0.25) is 0 Å². The predicted octanol–water partition coefficient (Wildman–Crippen LogP) is 2.08. The highest BCUT2D eigenvalue weighted by atomic mass is 32.2. The molecule has 1 heterocycles. The first-order valence-corrected chi connectivity index (χ1v) is 5.31. The SMILES string of the molecule is CCCSc1nnc(NC)s1. The molecule has 0 saturated carbocycles. The minimum absolute atomic E-state index is 0.892. The maximum Gasteiger partial charge on any atom is 0.206 e. The van der Waals surface area contributed by atoms with Crippen molar-refractivity contribution >= 4 is 28.2 Å². The summed E-state index contributed by atoms with van der Waals surface area (Å²) in [5, 5.41) is 11.8. The molecule has 1 rings (SSSR count). The first kappa shape index (κ1) is 8.80. The van der Waals surface area contributed by atoms with Gasteiger partial charge in [0.05, 0.1) is 0 Å². The summed E-state index contributed by atoms with van der Waals surface area (Å²) in [6, 6.07) is 0. The van der Waals surface area contributed by atoms with E-state index < -0.39 is 0 Å². The Morgan fingerprint density at radius 2 is 2.36 bits per heavy atom. The molecule has 0 aliphatic carbocycles. The van der Waals surface area contributed by atoms with Gasteiger partial charge >= 0.3 is 0 Å². The maximum atomic E-state index is 3.99. The molecule has 0 radical (unpaired) electrons. The fraction of sp³-hybridized carbons (Fsp3) is 0.667. The Kier molecular flexibility index (Phi) is 3.65. The van der Waals surface area contributed by atoms with Crippen LogP contribution in [0.1, 0.15) is 13.3 Å². The lowest BCUT2D eigenvalue weighted by molar-refractivity contribution is 1.01. The van der Waals surface area contributed by atoms with E-state index in [0.717, 1.165) is 15.2 Å². The highest BCUT2D eigenvalue weighted by Gasteiger charge is 2.00. The Balaban J connectivity index is 2.44. The summed E-state index contributed by atoms with van der Waals surface area (Å²) in [5.74, 6) is 1.12. The second kappa shape index (κ2) is 4.56. The summed E-state index contributed by atoms with van der Waals surface area (Å²) in [7, 11) is 1.86. The van der Waals surface area contributed by atoms with Crippen LogP contribution >= 0.6 is 23.1 Å². The Morgan fingerprint density at radius 3 is 2.91 bits per heavy atom. The van der Waals surface area contributed by atoms with Crippen LogP contribution in [0.5, 0.6) is 0 Å². The van der Waals surface area contributed by atoms with Gasteiger partial charge in [-0.25, -0.2) is 0 Å². The number of hydrogen-bond acceptors (Lipinski definition) is 5. The van der Waals surface area contributed by atoms with Crippen LogP contribution in [-0.2, 0) is 0 Å². The molecule has 0 atom stereocenters. The molecule has 0 fully saturated rings. The summed E-state index contributed by atoms with van der Waals surface area (Å²) in [6.07, 6.45) is 1.18. The molecule has 62 valence electrons. The molecule has 0 amide bonds. The third-order valence-corrected chi connectivity index (χ3v) is 3.33. The Hall–Kier alpha value is -0.290. The molecule has 0 unspecified atom stereocenters. The molecule has 0 spiro atoms. The van der Waals surface area contributed by atoms with E-state index in [4.69, 9.17) is 0 Å². The molecule has 5 heteroatoms. The minimum Gasteiger partial charge on any atom is -0.363 e. The van der Waals surface area contributed by atoms with Crippen LogP contribution in [-0.4, -0.2) is 23.0 Å². The zero-order valence-corrected chi connectivity index (χ0v) is 8.26. The van der Waals surface area contributed by atoms with Gasteiger partial charge in [-0.1, -0.05) is 30.0 Å². The van der Waals surface area contributed by atoms with E-state index >= 15 is 0 Å². The number of thioether (sulfide) groups is 1. The molecule has 0 saturated heterocycles. The van der Waals surface area contributed by atoms with E-state index in [9.17, 15) is 0 Å². The summed E-state index contributed by atoms with van der Waals surface area (Å²) in [6.45, 7) is 2.16. The summed E-state index contributed by atoms with van der Waals surface area (Å²) in [5.41, 5.74) is 0. The molecule has 3 nitrogen and oxygen atoms in total. The standard InChI is InChI=1S/C6H11N3S2/c1-3-4-10-6-9-8-5(7-2)11-6/h3-4H2,1-2H3,(H,7,8). The molecular weight excluding hydrogens is 178 g/mol. The maximum absolute atomic E-state index is 3.99. The van der Waals surface area contributed by atoms with Crippen LogP contribution in [0, 0.1) is 0 Å². The molecule has 1 aromatic rings. The minimum atomic E-state index is 0.892. The van der Waals surface area contributed by atoms with E-state index in [1.165, 1.54) is 6.42 Å². The number of nitrogens with zero attached hydrogens (tertiary/aromatic N) is 2. The van der Waals surface area contributed by atoms with E-state index in [1.807, 2.05) is 7.05 Å². The Bertz CT molecular complexity index is 211. The monoisotopic (exact) mass is 189 g/mol. The van der Waals surface area contributed by atoms with Crippen LogP contribution in [0.3, 0.4) is 0 Å². The second-order valence-electron chi connectivity index (χ2n) is 1.97. The van der Waals surface area contributed by atoms with Crippen LogP contribution in [0.4, 0.5) is 5.13 Å². The van der Waals surface area contributed by atoms with Crippen molar-refractivity contribution in [2.75, 3.05) is 18.1 Å². The zero-order valence-electron chi connectivity index (χ0n) is 6.63. The zero-order chi connectivity index (χ0) is 8.10. The van der Waals surface area contributed by atoms with E-state index in [1.54, 1.807) is 23.1 Å². The van der Waals surface area contributed by atoms with E-state index in [2.05, 4.69) is 22.4 Å². The summed E-state index contributed by atoms with van der Waals surface area (Å²) in [4.78, 5) is 0. The van der Waals surface area contributed by atoms with Crippen molar-refractivity contribution in [2.24, 2.45) is 0 Å². The lowest BCUT2D eigenvalue weighted by Crippen LogP contribution is -1.84. The van der Waals surface area contributed by atoms with Crippen LogP contribution in [0.25, 0.3) is 0 Å². The van der Waals surface area contributed by atoms with E-state index in [-0.39, 0.29) is 0 Å². The fourth-order valence-corrected chi connectivity index (χ4v) is 2.19. The van der Waals surface area contributed by atoms with E-state index in [0.29, 0.717) is 0 Å². The lowest BCUT2D eigenvalue weighted by atomic mass is 10.6. The highest BCUT2D eigenvalue weighted by molar-refractivity contribution is 8.01. The average Bonchev–Trinajstić information content (AvgIpc) is 2.48. The van der Waals surface area contributed by atoms with Crippen LogP contribution in [0.15, 0.2) is 4.34 Å². The summed E-state index contributed by atoms with van der Waals surface area (Å²) < 4.78 is 1.05. The van der Waals surface area contributed by atoms with Crippen molar-refractivity contribution in [3.05, 3.63) is 0 Å². The number of anilines is 1. The van der Waals surface area contributed by atoms with Gasteiger partial charge in [0.1, 0.15) is 0 Å². The number of aromatic nitrogens is 2. The normalized spacial score (nSPS) is 10.0. The van der Waals surface area contributed by atoms with Gasteiger partial charge in [0.25, 0.3) is 0 Å². The lowest BCUT2D eigenvalue weighted by Gasteiger charge is -1.88. The van der Waals surface area contributed by atoms with Crippen molar-refractivity contribution in [1.29, 1.82) is 0 Å². The summed E-state index contributed by atoms with van der Waals surface area (Å²) >= 11 is 3.36. The predicted molar refractivity (Wildman–Crippen MR) is 50.5 cm³/mol. The Morgan fingerprint density at radius 1 is 1.55 bits per heavy atom. The first-order chi connectivity index (χ1) is 5.36. The van der Waals surface area contributed by atoms with Gasteiger partial charge in [0, 0.05) is 12.8 Å². The van der Waals surface area contributed by atoms with Gasteiger partial charge in [0.2, 0.25) is 5.13 Å². The van der Waals surface area contributed by atoms with Gasteiger partial charge in [-0.05, 0) is 6.42 Å². The number of rotatable bonds is 4. The van der Waals surface area contributed by atoms with Gasteiger partial charge < -0.3 is 5.32 Å². The van der Waals surface area contributed by atoms with Crippen molar-refractivity contribution in [1.82, 2.24) is 10.2 Å². The molecule has 1 aromatic heterocycles. The second-order valence-corrected chi connectivity index (χ2v) is 4.29. The molecule has 0 bridgehead atoms. The van der Waals surface area contributed by atoms with Gasteiger partial charge in [-0.15, -0.1) is 10.2 Å². The third-order valence-electron chi connectivity index (χ3n) is 1.05. The molecular formula is C6H11N3S2. The van der Waals surface area contributed by atoms with Crippen LogP contribution in [0.2, 0.25) is 0 Å². The molecule has 1 N–H and O–H groups in total. The number of nitrogens with one attached hydrogen (secondary N) is 1. The van der Waals surface area contributed by atoms with Gasteiger partial charge in [-0.2, -0.15) is 0 Å². The largest absolute Gasteiger partial charge is 0.363 e. The Labute approximate surface area is 74.6 Å². The molecule has 0 aliphatic heterocycles. The topological polar surface area (TPSA) is 37.8 Å². The quantitative estimate of drug-likeness (QED) is 0.736. The van der Waals surface area contributed by atoms with Crippen LogP contribution < -0.4 is 5.32 Å². The first-order valence-electron chi connectivity index (χ1n) is 3.51. The van der Waals surface area contributed by atoms with Crippen molar-refractivity contribution in [2.45, 2.75) is 17.7 Å². The third kappa shape index (κ3) is 2.67. The van der Waals surface area contributed by atoms with Gasteiger partial charge in [0.15, 0.2) is 4.34 Å². The highest BCUT2D eigenvalue weighted by Crippen LogP contribution is 2.25. The van der Waals surface area contributed by atoms with Crippen molar-refractivity contribution < 1.29 is 0 Å². The number of hydrogen-bond donors (Lipinski definition) is 1. The molecule has 11 heavy (non-hydrogen) atoms. The molecule has 0 aromatic carbocycles.